The van der Waals surface area contributed by atoms with Gasteiger partial charge >= 0.3 is 0 Å². The van der Waals surface area contributed by atoms with E-state index in [9.17, 15) is 0 Å². The SMILES string of the molecule is C=CC[N+](C)(C)CC=C.CCCCCCCCCCCCCCCCCC[N+](C)(C)CCCCCCCCCCCCCCCCCC.[Cl-].[Cl-]. The standard InChI is InChI=1S/C38H80N.C8H16N.2ClH/c1-5-7-9-11-13-15-17-19-21-23-25-27-29-31-33-35-37-39(3,4)38-36-34-32-30-28-26-24-22-20-18-16-14-12-10-8-6-2;1-5-7-9(3,4)8-6-2;;/h5-38H2,1-4H3;5-6H,1-2,7-8H2,3-4H3;2*1H/q2*+1;;/p-2. The molecule has 50 heavy (non-hydrogen) atoms. The Morgan fingerprint density at radius 2 is 0.480 bits per heavy atom. The predicted molar refractivity (Wildman–Crippen MR) is 223 cm³/mol. The lowest BCUT2D eigenvalue weighted by atomic mass is 10.0. The van der Waals surface area contributed by atoms with Crippen molar-refractivity contribution in [3.05, 3.63) is 25.3 Å². The number of quaternary nitrogens is 2. The van der Waals surface area contributed by atoms with Crippen molar-refractivity contribution in [3.63, 3.8) is 0 Å². The fraction of sp³-hybridized carbons (Fsp3) is 0.913. The molecule has 0 fully saturated rings. The molecule has 0 aromatic rings. The van der Waals surface area contributed by atoms with Gasteiger partial charge in [-0.25, -0.2) is 0 Å². The van der Waals surface area contributed by atoms with Crippen molar-refractivity contribution < 1.29 is 33.8 Å². The second-order valence-corrected chi connectivity index (χ2v) is 16.9. The molecule has 0 saturated carbocycles. The molecular formula is C46H96Cl2N2. The van der Waals surface area contributed by atoms with E-state index >= 15 is 0 Å². The van der Waals surface area contributed by atoms with Gasteiger partial charge in [0.15, 0.2) is 0 Å². The number of likely N-dealkylation sites (N-methyl/N-ethyl adjacent to an activating group) is 1. The predicted octanol–water partition coefficient (Wildman–Crippen LogP) is 9.03. The van der Waals surface area contributed by atoms with E-state index in [1.807, 2.05) is 12.2 Å². The molecule has 304 valence electrons. The molecule has 4 heteroatoms. The zero-order valence-corrected chi connectivity index (χ0v) is 37.2. The van der Waals surface area contributed by atoms with E-state index in [0.717, 1.165) is 17.6 Å². The molecule has 0 rings (SSSR count). The second kappa shape index (κ2) is 45.1. The highest BCUT2D eigenvalue weighted by molar-refractivity contribution is 4.69. The molecule has 0 aliphatic rings. The molecule has 0 atom stereocenters. The highest BCUT2D eigenvalue weighted by atomic mass is 35.5. The van der Waals surface area contributed by atoms with Crippen LogP contribution >= 0.6 is 0 Å². The van der Waals surface area contributed by atoms with Gasteiger partial charge in [-0.15, -0.1) is 0 Å². The highest BCUT2D eigenvalue weighted by Crippen LogP contribution is 2.16. The van der Waals surface area contributed by atoms with Gasteiger partial charge < -0.3 is 33.8 Å². The molecule has 0 aliphatic heterocycles. The first-order valence-corrected chi connectivity index (χ1v) is 22.1. The highest BCUT2D eigenvalue weighted by Gasteiger charge is 2.13. The normalized spacial score (nSPS) is 11.3. The number of rotatable bonds is 38. The summed E-state index contributed by atoms with van der Waals surface area (Å²) in [5.41, 5.74) is 0. The molecule has 0 bridgehead atoms. The van der Waals surface area contributed by atoms with Crippen LogP contribution in [0.5, 0.6) is 0 Å². The Morgan fingerprint density at radius 1 is 0.300 bits per heavy atom. The summed E-state index contributed by atoms with van der Waals surface area (Å²) in [6.45, 7) is 16.8. The second-order valence-electron chi connectivity index (χ2n) is 16.9. The van der Waals surface area contributed by atoms with Crippen LogP contribution in [0.15, 0.2) is 25.3 Å². The summed E-state index contributed by atoms with van der Waals surface area (Å²) in [5, 5.41) is 0. The molecule has 2 nitrogen and oxygen atoms in total. The summed E-state index contributed by atoms with van der Waals surface area (Å²) in [6, 6.07) is 0. The monoisotopic (exact) mass is 747 g/mol. The van der Waals surface area contributed by atoms with Crippen molar-refractivity contribution in [2.75, 3.05) is 54.4 Å². The van der Waals surface area contributed by atoms with E-state index in [1.165, 1.54) is 223 Å². The molecule has 0 radical (unpaired) electrons. The van der Waals surface area contributed by atoms with Gasteiger partial charge in [0, 0.05) is 0 Å². The maximum atomic E-state index is 3.68. The minimum absolute atomic E-state index is 0. The number of unbranched alkanes of at least 4 members (excludes halogenated alkanes) is 30. The third kappa shape index (κ3) is 50.1. The van der Waals surface area contributed by atoms with Crippen molar-refractivity contribution in [1.82, 2.24) is 0 Å². The van der Waals surface area contributed by atoms with Gasteiger partial charge in [-0.3, -0.25) is 0 Å². The van der Waals surface area contributed by atoms with Gasteiger partial charge in [0.25, 0.3) is 0 Å². The number of nitrogens with zero attached hydrogens (tertiary/aromatic N) is 2. The molecule has 0 aromatic heterocycles. The van der Waals surface area contributed by atoms with Crippen molar-refractivity contribution >= 4 is 0 Å². The molecule has 0 saturated heterocycles. The Hall–Kier alpha value is -0.0200. The molecular weight excluding hydrogens is 651 g/mol. The first kappa shape index (κ1) is 56.7. The molecule has 0 aliphatic carbocycles. The number of hydrogen-bond donors (Lipinski definition) is 0. The van der Waals surface area contributed by atoms with Crippen LogP contribution in [0.4, 0.5) is 0 Å². The topological polar surface area (TPSA) is 0 Å². The summed E-state index contributed by atoms with van der Waals surface area (Å²) in [4.78, 5) is 0. The van der Waals surface area contributed by atoms with Crippen LogP contribution in [0.25, 0.3) is 0 Å². The van der Waals surface area contributed by atoms with Crippen LogP contribution in [0.3, 0.4) is 0 Å². The Kier molecular flexibility index (Phi) is 51.2. The summed E-state index contributed by atoms with van der Waals surface area (Å²) >= 11 is 0. The lowest BCUT2D eigenvalue weighted by molar-refractivity contribution is -0.890. The van der Waals surface area contributed by atoms with Crippen molar-refractivity contribution in [2.24, 2.45) is 0 Å². The average molecular weight is 748 g/mol. The lowest BCUT2D eigenvalue weighted by Gasteiger charge is -2.30. The molecule has 0 aromatic carbocycles. The third-order valence-electron chi connectivity index (χ3n) is 10.5. The van der Waals surface area contributed by atoms with E-state index in [4.69, 9.17) is 0 Å². The largest absolute Gasteiger partial charge is 1.00 e. The van der Waals surface area contributed by atoms with Crippen molar-refractivity contribution in [2.45, 2.75) is 219 Å². The van der Waals surface area contributed by atoms with E-state index in [2.05, 4.69) is 55.2 Å². The minimum atomic E-state index is 0. The Balaban J connectivity index is -0.000000839. The van der Waals surface area contributed by atoms with Crippen LogP contribution in [0.2, 0.25) is 0 Å². The Bertz CT molecular complexity index is 584. The van der Waals surface area contributed by atoms with E-state index in [1.54, 1.807) is 0 Å². The van der Waals surface area contributed by atoms with Gasteiger partial charge in [-0.2, -0.15) is 0 Å². The summed E-state index contributed by atoms with van der Waals surface area (Å²) in [5.74, 6) is 0. The van der Waals surface area contributed by atoms with Crippen molar-refractivity contribution in [3.8, 4) is 0 Å². The zero-order valence-electron chi connectivity index (χ0n) is 35.7. The van der Waals surface area contributed by atoms with Crippen LogP contribution in [-0.4, -0.2) is 63.3 Å². The summed E-state index contributed by atoms with van der Waals surface area (Å²) < 4.78 is 2.20. The molecule has 0 unspecified atom stereocenters. The van der Waals surface area contributed by atoms with Gasteiger partial charge in [0.1, 0.15) is 0 Å². The van der Waals surface area contributed by atoms with Gasteiger partial charge in [0.05, 0.1) is 54.4 Å². The van der Waals surface area contributed by atoms with Gasteiger partial charge in [-0.1, -0.05) is 207 Å². The molecule has 0 spiro atoms. The number of hydrogen-bond acceptors (Lipinski definition) is 0. The van der Waals surface area contributed by atoms with Crippen LogP contribution < -0.4 is 24.8 Å². The lowest BCUT2D eigenvalue weighted by Crippen LogP contribution is -3.00. The van der Waals surface area contributed by atoms with E-state index < -0.39 is 0 Å². The first-order chi connectivity index (χ1) is 23.2. The maximum Gasteiger partial charge on any atom is 0.0969 e. The van der Waals surface area contributed by atoms with Crippen LogP contribution in [-0.2, 0) is 0 Å². The zero-order chi connectivity index (χ0) is 35.9. The van der Waals surface area contributed by atoms with Crippen molar-refractivity contribution in [1.29, 1.82) is 0 Å². The van der Waals surface area contributed by atoms with Crippen LogP contribution in [0, 0.1) is 0 Å². The average Bonchev–Trinajstić information content (AvgIpc) is 3.04. The number of halogens is 2. The smallest absolute Gasteiger partial charge is 0.0969 e. The quantitative estimate of drug-likeness (QED) is 0.0336. The van der Waals surface area contributed by atoms with E-state index in [-0.39, 0.29) is 24.8 Å². The Morgan fingerprint density at radius 3 is 0.660 bits per heavy atom. The first-order valence-electron chi connectivity index (χ1n) is 22.1. The van der Waals surface area contributed by atoms with E-state index in [0.29, 0.717) is 0 Å². The van der Waals surface area contributed by atoms with Gasteiger partial charge in [0.2, 0.25) is 0 Å². The molecule has 0 amide bonds. The van der Waals surface area contributed by atoms with Gasteiger partial charge in [-0.05, 0) is 37.8 Å². The minimum Gasteiger partial charge on any atom is -1.00 e. The Labute approximate surface area is 331 Å². The molecule has 0 heterocycles. The fourth-order valence-electron chi connectivity index (χ4n) is 7.06. The summed E-state index contributed by atoms with van der Waals surface area (Å²) in [6.07, 6.45) is 50.8. The summed E-state index contributed by atoms with van der Waals surface area (Å²) in [7, 11) is 9.25. The third-order valence-corrected chi connectivity index (χ3v) is 10.5. The fourth-order valence-corrected chi connectivity index (χ4v) is 7.06. The van der Waals surface area contributed by atoms with Crippen LogP contribution in [0.1, 0.15) is 219 Å². The maximum absolute atomic E-state index is 3.68. The molecule has 0 N–H and O–H groups in total.